The molecule has 0 atom stereocenters. The van der Waals surface area contributed by atoms with Crippen LogP contribution in [-0.4, -0.2) is 43.9 Å². The highest BCUT2D eigenvalue weighted by Gasteiger charge is 2.30. The first kappa shape index (κ1) is 27.0. The lowest BCUT2D eigenvalue weighted by atomic mass is 10.1. The van der Waals surface area contributed by atoms with Crippen LogP contribution in [0.3, 0.4) is 0 Å². The van der Waals surface area contributed by atoms with Gasteiger partial charge in [0.15, 0.2) is 0 Å². The highest BCUT2D eigenvalue weighted by atomic mass is 35.5. The van der Waals surface area contributed by atoms with Crippen molar-refractivity contribution in [2.75, 3.05) is 44.2 Å². The van der Waals surface area contributed by atoms with Gasteiger partial charge in [-0.15, -0.1) is 0 Å². The summed E-state index contributed by atoms with van der Waals surface area (Å²) in [6, 6.07) is 15.1. The maximum absolute atomic E-state index is 12.4. The number of aromatic nitrogens is 1. The maximum atomic E-state index is 12.4. The average Bonchev–Trinajstić information content (AvgIpc) is 2.89. The van der Waals surface area contributed by atoms with Gasteiger partial charge in [0.25, 0.3) is 0 Å². The molecule has 0 saturated heterocycles. The monoisotopic (exact) mass is 514 g/mol. The van der Waals surface area contributed by atoms with E-state index < -0.39 is 4.92 Å². The summed E-state index contributed by atoms with van der Waals surface area (Å²) in [7, 11) is 3.21. The molecule has 9 nitrogen and oxygen atoms in total. The minimum Gasteiger partial charge on any atom is -0.497 e. The summed E-state index contributed by atoms with van der Waals surface area (Å²) in [5, 5.41) is 15.7. The van der Waals surface area contributed by atoms with Gasteiger partial charge in [-0.3, -0.25) is 10.1 Å². The van der Waals surface area contributed by atoms with Gasteiger partial charge < -0.3 is 24.4 Å². The van der Waals surface area contributed by atoms with Crippen LogP contribution in [0.25, 0.3) is 0 Å². The van der Waals surface area contributed by atoms with Gasteiger partial charge in [0.2, 0.25) is 5.82 Å². The molecule has 0 amide bonds. The van der Waals surface area contributed by atoms with Crippen molar-refractivity contribution in [3.63, 3.8) is 0 Å². The molecule has 1 N–H and O–H groups in total. The molecular weight excluding hydrogens is 484 g/mol. The number of nitrogens with zero attached hydrogens (tertiary/aromatic N) is 3. The Morgan fingerprint density at radius 3 is 1.97 bits per heavy atom. The number of methoxy groups -OCH3 is 2. The molecule has 3 aromatic rings. The van der Waals surface area contributed by atoms with E-state index in [0.717, 1.165) is 22.6 Å². The second kappa shape index (κ2) is 12.9. The molecule has 192 valence electrons. The molecule has 0 fully saturated rings. The van der Waals surface area contributed by atoms with E-state index >= 15 is 0 Å². The molecule has 2 aromatic carbocycles. The third-order valence-corrected chi connectivity index (χ3v) is 6.00. The first-order valence-electron chi connectivity index (χ1n) is 11.5. The summed E-state index contributed by atoms with van der Waals surface area (Å²) in [5.74, 6) is 1.63. The second-order valence-electron chi connectivity index (χ2n) is 8.01. The molecule has 0 aliphatic carbocycles. The molecular formula is C26H31ClN4O5. The Hall–Kier alpha value is -3.56. The van der Waals surface area contributed by atoms with Crippen LogP contribution in [0.2, 0.25) is 5.15 Å². The fourth-order valence-corrected chi connectivity index (χ4v) is 3.91. The summed E-state index contributed by atoms with van der Waals surface area (Å²) in [6.07, 6.45) is 0. The Kier molecular flexibility index (Phi) is 9.72. The molecule has 0 aliphatic heterocycles. The number of hydrogen-bond acceptors (Lipinski definition) is 8. The molecule has 0 radical (unpaired) electrons. The first-order chi connectivity index (χ1) is 17.4. The minimum atomic E-state index is -0.413. The highest BCUT2D eigenvalue weighted by molar-refractivity contribution is 6.30. The topological polar surface area (TPSA) is 99.0 Å². The van der Waals surface area contributed by atoms with Crippen molar-refractivity contribution in [3.05, 3.63) is 80.5 Å². The fraction of sp³-hybridized carbons (Fsp3) is 0.346. The van der Waals surface area contributed by atoms with Gasteiger partial charge in [-0.25, -0.2) is 4.98 Å². The lowest BCUT2D eigenvalue weighted by Gasteiger charge is -2.26. The van der Waals surface area contributed by atoms with Crippen LogP contribution in [0.4, 0.5) is 17.2 Å². The van der Waals surface area contributed by atoms with Gasteiger partial charge >= 0.3 is 5.69 Å². The highest BCUT2D eigenvalue weighted by Crippen LogP contribution is 2.40. The smallest absolute Gasteiger partial charge is 0.334 e. The number of halogens is 1. The number of hydrogen-bond donors (Lipinski definition) is 1. The quantitative estimate of drug-likeness (QED) is 0.136. The molecule has 0 unspecified atom stereocenters. The summed E-state index contributed by atoms with van der Waals surface area (Å²) >= 11 is 6.50. The molecule has 1 aromatic heterocycles. The average molecular weight is 515 g/mol. The van der Waals surface area contributed by atoms with Gasteiger partial charge in [-0.05, 0) is 49.2 Å². The van der Waals surface area contributed by atoms with Crippen molar-refractivity contribution in [1.82, 2.24) is 4.98 Å². The number of anilines is 2. The van der Waals surface area contributed by atoms with Crippen LogP contribution in [0, 0.1) is 17.0 Å². The van der Waals surface area contributed by atoms with E-state index in [-0.39, 0.29) is 16.7 Å². The third-order valence-electron chi connectivity index (χ3n) is 5.64. The molecule has 10 heteroatoms. The van der Waals surface area contributed by atoms with Crippen molar-refractivity contribution in [3.8, 4) is 11.5 Å². The van der Waals surface area contributed by atoms with Gasteiger partial charge in [0.05, 0.1) is 25.7 Å². The number of benzene rings is 2. The van der Waals surface area contributed by atoms with Crippen LogP contribution in [0.5, 0.6) is 11.5 Å². The summed E-state index contributed by atoms with van der Waals surface area (Å²) < 4.78 is 15.9. The van der Waals surface area contributed by atoms with Gasteiger partial charge in [0, 0.05) is 31.8 Å². The lowest BCUT2D eigenvalue weighted by molar-refractivity contribution is -0.383. The Morgan fingerprint density at radius 2 is 1.53 bits per heavy atom. The summed E-state index contributed by atoms with van der Waals surface area (Å²) in [4.78, 5) is 18.3. The lowest BCUT2D eigenvalue weighted by Crippen LogP contribution is -2.25. The summed E-state index contributed by atoms with van der Waals surface area (Å²) in [6.45, 7) is 5.69. The predicted molar refractivity (Wildman–Crippen MR) is 141 cm³/mol. The van der Waals surface area contributed by atoms with Crippen LogP contribution in [0.1, 0.15) is 23.6 Å². The van der Waals surface area contributed by atoms with Crippen LogP contribution < -0.4 is 19.7 Å². The van der Waals surface area contributed by atoms with Crippen molar-refractivity contribution in [2.45, 2.75) is 26.9 Å². The molecule has 3 rings (SSSR count). The molecule has 0 aliphatic rings. The zero-order chi connectivity index (χ0) is 26.1. The van der Waals surface area contributed by atoms with Crippen molar-refractivity contribution >= 4 is 28.8 Å². The van der Waals surface area contributed by atoms with Crippen molar-refractivity contribution in [1.29, 1.82) is 0 Å². The largest absolute Gasteiger partial charge is 0.497 e. The second-order valence-corrected chi connectivity index (χ2v) is 8.37. The number of pyridine rings is 1. The molecule has 36 heavy (non-hydrogen) atoms. The van der Waals surface area contributed by atoms with Crippen LogP contribution >= 0.6 is 11.6 Å². The van der Waals surface area contributed by atoms with Crippen LogP contribution in [-0.2, 0) is 17.8 Å². The zero-order valence-corrected chi connectivity index (χ0v) is 21.7. The Labute approximate surface area is 216 Å². The van der Waals surface area contributed by atoms with E-state index in [9.17, 15) is 10.1 Å². The Bertz CT molecular complexity index is 1110. The van der Waals surface area contributed by atoms with E-state index in [2.05, 4.69) is 10.3 Å². The van der Waals surface area contributed by atoms with Crippen molar-refractivity contribution < 1.29 is 19.1 Å². The van der Waals surface area contributed by atoms with E-state index in [1.54, 1.807) is 21.1 Å². The summed E-state index contributed by atoms with van der Waals surface area (Å²) in [5.41, 5.74) is 2.59. The standard InChI is InChI=1S/C26H31ClN4O5/c1-5-36-15-14-28-23-18(2)25(27)29-26(24(23)31(32)33)30(16-19-6-10-21(34-3)11-7-19)17-20-8-12-22(35-4)13-9-20/h6-13H,5,14-17H2,1-4H3,(H,28,29). The number of nitro groups is 1. The molecule has 0 bridgehead atoms. The van der Waals surface area contributed by atoms with E-state index in [1.807, 2.05) is 60.4 Å². The van der Waals surface area contributed by atoms with E-state index in [0.29, 0.717) is 44.1 Å². The zero-order valence-electron chi connectivity index (χ0n) is 20.9. The minimum absolute atomic E-state index is 0.129. The normalized spacial score (nSPS) is 10.7. The van der Waals surface area contributed by atoms with E-state index in [4.69, 9.17) is 25.8 Å². The van der Waals surface area contributed by atoms with Gasteiger partial charge in [-0.2, -0.15) is 0 Å². The SMILES string of the molecule is CCOCCNc1c(C)c(Cl)nc(N(Cc2ccc(OC)cc2)Cc2ccc(OC)cc2)c1[N+](=O)[O-]. The molecule has 0 saturated carbocycles. The Balaban J connectivity index is 2.07. The van der Waals surface area contributed by atoms with Gasteiger partial charge in [0.1, 0.15) is 22.3 Å². The van der Waals surface area contributed by atoms with Gasteiger partial charge in [-0.1, -0.05) is 35.9 Å². The number of nitrogens with one attached hydrogen (secondary N) is 1. The van der Waals surface area contributed by atoms with E-state index in [1.165, 1.54) is 0 Å². The van der Waals surface area contributed by atoms with Crippen LogP contribution in [0.15, 0.2) is 48.5 Å². The molecule has 0 spiro atoms. The third kappa shape index (κ3) is 6.77. The van der Waals surface area contributed by atoms with Crippen molar-refractivity contribution in [2.24, 2.45) is 0 Å². The number of ether oxygens (including phenoxy) is 3. The number of rotatable bonds is 13. The first-order valence-corrected chi connectivity index (χ1v) is 11.9. The predicted octanol–water partition coefficient (Wildman–Crippen LogP) is 5.62. The maximum Gasteiger partial charge on any atom is 0.334 e. The Morgan fingerprint density at radius 1 is 1.00 bits per heavy atom. The fourth-order valence-electron chi connectivity index (χ4n) is 3.73. The molecule has 1 heterocycles.